The summed E-state index contributed by atoms with van der Waals surface area (Å²) in [6.07, 6.45) is 1.11. The quantitative estimate of drug-likeness (QED) is 0.733. The number of amides is 1. The van der Waals surface area contributed by atoms with Gasteiger partial charge in [-0.05, 0) is 43.0 Å². The number of nitrogens with two attached hydrogens (primary N) is 1. The van der Waals surface area contributed by atoms with E-state index in [0.29, 0.717) is 11.6 Å². The van der Waals surface area contributed by atoms with Gasteiger partial charge in [0, 0.05) is 24.3 Å². The third-order valence-corrected chi connectivity index (χ3v) is 3.19. The Morgan fingerprint density at radius 3 is 2.81 bits per heavy atom. The number of carbonyl (C=O) groups is 1. The van der Waals surface area contributed by atoms with E-state index in [-0.39, 0.29) is 5.91 Å². The zero-order valence-corrected chi connectivity index (χ0v) is 9.86. The molecular formula is C13H18N2O. The number of carbonyl (C=O) groups excluding carboxylic acids is 1. The van der Waals surface area contributed by atoms with Gasteiger partial charge in [-0.2, -0.15) is 0 Å². The van der Waals surface area contributed by atoms with Gasteiger partial charge in [0.25, 0.3) is 5.91 Å². The van der Waals surface area contributed by atoms with Crippen LogP contribution in [-0.4, -0.2) is 23.9 Å². The van der Waals surface area contributed by atoms with Crippen molar-refractivity contribution < 1.29 is 4.79 Å². The average Bonchev–Trinajstić information content (AvgIpc) is 2.64. The normalized spacial score (nSPS) is 20.1. The number of nitrogen functional groups attached to an aromatic ring is 1. The molecule has 1 aliphatic heterocycles. The molecule has 1 aromatic carbocycles. The smallest absolute Gasteiger partial charge is 0.254 e. The van der Waals surface area contributed by atoms with Crippen molar-refractivity contribution in [2.75, 3.05) is 18.8 Å². The Hall–Kier alpha value is -1.51. The molecule has 0 spiro atoms. The molecule has 3 heteroatoms. The summed E-state index contributed by atoms with van der Waals surface area (Å²) < 4.78 is 0. The van der Waals surface area contributed by atoms with E-state index in [9.17, 15) is 4.79 Å². The number of nitrogens with zero attached hydrogens (tertiary/aromatic N) is 1. The highest BCUT2D eigenvalue weighted by Gasteiger charge is 2.24. The summed E-state index contributed by atoms with van der Waals surface area (Å²) >= 11 is 0. The Bertz CT molecular complexity index is 414. The lowest BCUT2D eigenvalue weighted by molar-refractivity contribution is 0.0787. The summed E-state index contributed by atoms with van der Waals surface area (Å²) in [7, 11) is 0. The molecule has 2 rings (SSSR count). The van der Waals surface area contributed by atoms with Crippen molar-refractivity contribution in [1.29, 1.82) is 0 Å². The second-order valence-electron chi connectivity index (χ2n) is 4.72. The van der Waals surface area contributed by atoms with E-state index in [1.807, 2.05) is 24.0 Å². The van der Waals surface area contributed by atoms with Gasteiger partial charge in [0.2, 0.25) is 0 Å². The van der Waals surface area contributed by atoms with Crippen LogP contribution in [0.25, 0.3) is 0 Å². The minimum absolute atomic E-state index is 0.141. The van der Waals surface area contributed by atoms with E-state index in [0.717, 1.165) is 30.6 Å². The summed E-state index contributed by atoms with van der Waals surface area (Å²) in [5, 5.41) is 0. The highest BCUT2D eigenvalue weighted by Crippen LogP contribution is 2.20. The molecular weight excluding hydrogens is 200 g/mol. The van der Waals surface area contributed by atoms with E-state index in [1.54, 1.807) is 6.07 Å². The summed E-state index contributed by atoms with van der Waals surface area (Å²) in [6.45, 7) is 5.87. The molecule has 3 nitrogen and oxygen atoms in total. The summed E-state index contributed by atoms with van der Waals surface area (Å²) in [4.78, 5) is 14.1. The average molecular weight is 218 g/mol. The summed E-state index contributed by atoms with van der Waals surface area (Å²) in [5.74, 6) is 0.764. The fraction of sp³-hybridized carbons (Fsp3) is 0.462. The Labute approximate surface area is 96.2 Å². The van der Waals surface area contributed by atoms with Crippen LogP contribution in [0.4, 0.5) is 5.69 Å². The first-order valence-electron chi connectivity index (χ1n) is 5.73. The lowest BCUT2D eigenvalue weighted by Crippen LogP contribution is -2.29. The van der Waals surface area contributed by atoms with E-state index in [2.05, 4.69) is 6.92 Å². The van der Waals surface area contributed by atoms with Gasteiger partial charge in [-0.1, -0.05) is 6.92 Å². The van der Waals surface area contributed by atoms with Gasteiger partial charge in [0.05, 0.1) is 0 Å². The largest absolute Gasteiger partial charge is 0.399 e. The van der Waals surface area contributed by atoms with Crippen molar-refractivity contribution >= 4 is 11.6 Å². The van der Waals surface area contributed by atoms with E-state index >= 15 is 0 Å². The zero-order chi connectivity index (χ0) is 11.7. The first-order chi connectivity index (χ1) is 7.58. The van der Waals surface area contributed by atoms with Gasteiger partial charge >= 0.3 is 0 Å². The summed E-state index contributed by atoms with van der Waals surface area (Å²) in [5.41, 5.74) is 8.13. The van der Waals surface area contributed by atoms with Crippen molar-refractivity contribution in [3.05, 3.63) is 29.3 Å². The molecule has 0 saturated carbocycles. The molecule has 0 aliphatic carbocycles. The molecule has 16 heavy (non-hydrogen) atoms. The maximum absolute atomic E-state index is 12.2. The summed E-state index contributed by atoms with van der Waals surface area (Å²) in [6, 6.07) is 5.47. The number of rotatable bonds is 1. The molecule has 0 radical (unpaired) electrons. The monoisotopic (exact) mass is 218 g/mol. The molecule has 1 atom stereocenters. The molecule has 2 N–H and O–H groups in total. The van der Waals surface area contributed by atoms with Crippen LogP contribution in [0.15, 0.2) is 18.2 Å². The highest BCUT2D eigenvalue weighted by atomic mass is 16.2. The van der Waals surface area contributed by atoms with Crippen molar-refractivity contribution in [3.8, 4) is 0 Å². The molecule has 1 aliphatic rings. The SMILES string of the molecule is Cc1cc(N)ccc1C(=O)N1CCC(C)C1. The number of benzene rings is 1. The second kappa shape index (κ2) is 4.16. The maximum Gasteiger partial charge on any atom is 0.254 e. The van der Waals surface area contributed by atoms with Crippen molar-refractivity contribution in [1.82, 2.24) is 4.90 Å². The second-order valence-corrected chi connectivity index (χ2v) is 4.72. The molecule has 1 amide bonds. The number of aryl methyl sites for hydroxylation is 1. The molecule has 86 valence electrons. The molecule has 0 aromatic heterocycles. The van der Waals surface area contributed by atoms with Crippen LogP contribution in [-0.2, 0) is 0 Å². The minimum atomic E-state index is 0.141. The van der Waals surface area contributed by atoms with Gasteiger partial charge in [-0.3, -0.25) is 4.79 Å². The molecule has 0 bridgehead atoms. The number of likely N-dealkylation sites (tertiary alicyclic amines) is 1. The topological polar surface area (TPSA) is 46.3 Å². The number of hydrogen-bond acceptors (Lipinski definition) is 2. The van der Waals surface area contributed by atoms with Crippen molar-refractivity contribution in [3.63, 3.8) is 0 Å². The van der Waals surface area contributed by atoms with Gasteiger partial charge in [0.15, 0.2) is 0 Å². The van der Waals surface area contributed by atoms with Crippen molar-refractivity contribution in [2.45, 2.75) is 20.3 Å². The minimum Gasteiger partial charge on any atom is -0.399 e. The fourth-order valence-electron chi connectivity index (χ4n) is 2.22. The van der Waals surface area contributed by atoms with E-state index < -0.39 is 0 Å². The highest BCUT2D eigenvalue weighted by molar-refractivity contribution is 5.96. The predicted octanol–water partition coefficient (Wildman–Crippen LogP) is 2.06. The van der Waals surface area contributed by atoms with Crippen LogP contribution in [0.1, 0.15) is 29.3 Å². The van der Waals surface area contributed by atoms with Gasteiger partial charge in [-0.15, -0.1) is 0 Å². The van der Waals surface area contributed by atoms with Gasteiger partial charge in [0.1, 0.15) is 0 Å². The molecule has 1 fully saturated rings. The Morgan fingerprint density at radius 2 is 2.25 bits per heavy atom. The van der Waals surface area contributed by atoms with E-state index in [4.69, 9.17) is 5.73 Å². The Kier molecular flexibility index (Phi) is 2.86. The third kappa shape index (κ3) is 2.03. The maximum atomic E-state index is 12.2. The molecule has 1 saturated heterocycles. The third-order valence-electron chi connectivity index (χ3n) is 3.19. The van der Waals surface area contributed by atoms with Crippen LogP contribution < -0.4 is 5.73 Å². The Balaban J connectivity index is 2.21. The Morgan fingerprint density at radius 1 is 1.50 bits per heavy atom. The van der Waals surface area contributed by atoms with Gasteiger partial charge < -0.3 is 10.6 Å². The molecule has 1 heterocycles. The first-order valence-corrected chi connectivity index (χ1v) is 5.73. The van der Waals surface area contributed by atoms with Crippen LogP contribution in [0.2, 0.25) is 0 Å². The first kappa shape index (κ1) is 11.0. The van der Waals surface area contributed by atoms with Crippen LogP contribution in [0.3, 0.4) is 0 Å². The van der Waals surface area contributed by atoms with Crippen molar-refractivity contribution in [2.24, 2.45) is 5.92 Å². The van der Waals surface area contributed by atoms with Crippen LogP contribution in [0, 0.1) is 12.8 Å². The lowest BCUT2D eigenvalue weighted by atomic mass is 10.1. The van der Waals surface area contributed by atoms with Gasteiger partial charge in [-0.25, -0.2) is 0 Å². The molecule has 1 unspecified atom stereocenters. The van der Waals surface area contributed by atoms with E-state index in [1.165, 1.54) is 0 Å². The van der Waals surface area contributed by atoms with Crippen LogP contribution in [0.5, 0.6) is 0 Å². The molecule has 1 aromatic rings. The standard InChI is InChI=1S/C13H18N2O/c1-9-5-6-15(8-9)13(16)12-4-3-11(14)7-10(12)2/h3-4,7,9H,5-6,8,14H2,1-2H3. The lowest BCUT2D eigenvalue weighted by Gasteiger charge is -2.17. The van der Waals surface area contributed by atoms with Crippen LogP contribution >= 0.6 is 0 Å². The fourth-order valence-corrected chi connectivity index (χ4v) is 2.22. The number of anilines is 1. The number of hydrogen-bond donors (Lipinski definition) is 1. The zero-order valence-electron chi connectivity index (χ0n) is 9.86. The predicted molar refractivity (Wildman–Crippen MR) is 65.3 cm³/mol.